The van der Waals surface area contributed by atoms with Gasteiger partial charge in [-0.15, -0.1) is 0 Å². The SMILES string of the molecule is CC(C)c1cccc(-c2cnc(Cl)nc2)c1. The molecule has 0 atom stereocenters. The molecule has 0 saturated heterocycles. The molecule has 2 rings (SSSR count). The minimum atomic E-state index is 0.281. The van der Waals surface area contributed by atoms with Crippen molar-refractivity contribution in [3.8, 4) is 11.1 Å². The maximum atomic E-state index is 5.66. The van der Waals surface area contributed by atoms with Gasteiger partial charge in [-0.1, -0.05) is 38.1 Å². The second-order valence-electron chi connectivity index (χ2n) is 4.02. The smallest absolute Gasteiger partial charge is 0.222 e. The molecule has 1 heterocycles. The van der Waals surface area contributed by atoms with E-state index in [1.54, 1.807) is 12.4 Å². The normalized spacial score (nSPS) is 10.8. The second-order valence-corrected chi connectivity index (χ2v) is 4.36. The van der Waals surface area contributed by atoms with Crippen LogP contribution >= 0.6 is 11.6 Å². The highest BCUT2D eigenvalue weighted by Gasteiger charge is 2.03. The van der Waals surface area contributed by atoms with Gasteiger partial charge in [-0.3, -0.25) is 0 Å². The summed E-state index contributed by atoms with van der Waals surface area (Å²) in [6.07, 6.45) is 3.49. The average Bonchev–Trinajstić information content (AvgIpc) is 2.30. The number of benzene rings is 1. The van der Waals surface area contributed by atoms with Crippen LogP contribution in [0, 0.1) is 0 Å². The highest BCUT2D eigenvalue weighted by atomic mass is 35.5. The molecule has 2 nitrogen and oxygen atoms in total. The summed E-state index contributed by atoms with van der Waals surface area (Å²) in [6.45, 7) is 4.36. The van der Waals surface area contributed by atoms with Crippen molar-refractivity contribution in [2.24, 2.45) is 0 Å². The minimum absolute atomic E-state index is 0.281. The lowest BCUT2D eigenvalue weighted by Crippen LogP contribution is -1.89. The van der Waals surface area contributed by atoms with Gasteiger partial charge in [0, 0.05) is 18.0 Å². The first-order valence-corrected chi connectivity index (χ1v) is 5.62. The fourth-order valence-corrected chi connectivity index (χ4v) is 1.64. The Labute approximate surface area is 100 Å². The van der Waals surface area contributed by atoms with Crippen LogP contribution in [0.2, 0.25) is 5.28 Å². The molecule has 82 valence electrons. The summed E-state index contributed by atoms with van der Waals surface area (Å²) in [6, 6.07) is 8.40. The Kier molecular flexibility index (Phi) is 3.20. The van der Waals surface area contributed by atoms with Gasteiger partial charge in [0.2, 0.25) is 5.28 Å². The standard InChI is InChI=1S/C13H13ClN2/c1-9(2)10-4-3-5-11(6-10)12-7-15-13(14)16-8-12/h3-9H,1-2H3. The Morgan fingerprint density at radius 1 is 1.06 bits per heavy atom. The molecule has 16 heavy (non-hydrogen) atoms. The van der Waals surface area contributed by atoms with Gasteiger partial charge < -0.3 is 0 Å². The summed E-state index contributed by atoms with van der Waals surface area (Å²) in [4.78, 5) is 7.97. The molecule has 0 fully saturated rings. The molecule has 3 heteroatoms. The zero-order valence-corrected chi connectivity index (χ0v) is 10.1. The van der Waals surface area contributed by atoms with Gasteiger partial charge in [0.05, 0.1) is 0 Å². The van der Waals surface area contributed by atoms with Crippen LogP contribution in [0.25, 0.3) is 11.1 Å². The number of halogens is 1. The van der Waals surface area contributed by atoms with Gasteiger partial charge in [-0.05, 0) is 28.6 Å². The third-order valence-corrected chi connectivity index (χ3v) is 2.70. The first kappa shape index (κ1) is 11.1. The fraction of sp³-hybridized carbons (Fsp3) is 0.231. The van der Waals surface area contributed by atoms with E-state index in [1.165, 1.54) is 5.56 Å². The van der Waals surface area contributed by atoms with Crippen LogP contribution in [0.15, 0.2) is 36.7 Å². The van der Waals surface area contributed by atoms with Crippen LogP contribution in [0.3, 0.4) is 0 Å². The average molecular weight is 233 g/mol. The number of hydrogen-bond acceptors (Lipinski definition) is 2. The van der Waals surface area contributed by atoms with Gasteiger partial charge >= 0.3 is 0 Å². The highest BCUT2D eigenvalue weighted by molar-refractivity contribution is 6.28. The van der Waals surface area contributed by atoms with Crippen molar-refractivity contribution < 1.29 is 0 Å². The molecule has 1 aromatic heterocycles. The summed E-state index contributed by atoms with van der Waals surface area (Å²) < 4.78 is 0. The largest absolute Gasteiger partial charge is 0.226 e. The van der Waals surface area contributed by atoms with Crippen molar-refractivity contribution in [1.82, 2.24) is 9.97 Å². The Morgan fingerprint density at radius 2 is 1.75 bits per heavy atom. The van der Waals surface area contributed by atoms with Gasteiger partial charge in [0.1, 0.15) is 0 Å². The minimum Gasteiger partial charge on any atom is -0.226 e. The van der Waals surface area contributed by atoms with Gasteiger partial charge in [0.25, 0.3) is 0 Å². The molecule has 0 saturated carbocycles. The molecule has 1 aromatic carbocycles. The molecule has 0 radical (unpaired) electrons. The predicted octanol–water partition coefficient (Wildman–Crippen LogP) is 3.92. The van der Waals surface area contributed by atoms with E-state index in [9.17, 15) is 0 Å². The van der Waals surface area contributed by atoms with Crippen LogP contribution in [0.5, 0.6) is 0 Å². The Morgan fingerprint density at radius 3 is 2.38 bits per heavy atom. The quantitative estimate of drug-likeness (QED) is 0.734. The third-order valence-electron chi connectivity index (χ3n) is 2.51. The van der Waals surface area contributed by atoms with E-state index in [1.807, 2.05) is 0 Å². The van der Waals surface area contributed by atoms with Crippen LogP contribution in [0.1, 0.15) is 25.3 Å². The first-order valence-electron chi connectivity index (χ1n) is 5.24. The van der Waals surface area contributed by atoms with Crippen molar-refractivity contribution in [3.05, 3.63) is 47.5 Å². The van der Waals surface area contributed by atoms with Gasteiger partial charge in [-0.25, -0.2) is 9.97 Å². The van der Waals surface area contributed by atoms with Crippen molar-refractivity contribution in [1.29, 1.82) is 0 Å². The van der Waals surface area contributed by atoms with E-state index in [2.05, 4.69) is 48.1 Å². The van der Waals surface area contributed by atoms with E-state index < -0.39 is 0 Å². The highest BCUT2D eigenvalue weighted by Crippen LogP contribution is 2.23. The zero-order chi connectivity index (χ0) is 11.5. The molecular weight excluding hydrogens is 220 g/mol. The van der Waals surface area contributed by atoms with Crippen LogP contribution in [-0.4, -0.2) is 9.97 Å². The number of aromatic nitrogens is 2. The summed E-state index contributed by atoms with van der Waals surface area (Å²) in [5.41, 5.74) is 3.43. The predicted molar refractivity (Wildman–Crippen MR) is 66.6 cm³/mol. The summed E-state index contributed by atoms with van der Waals surface area (Å²) in [7, 11) is 0. The van der Waals surface area contributed by atoms with Crippen molar-refractivity contribution in [2.45, 2.75) is 19.8 Å². The van der Waals surface area contributed by atoms with E-state index in [-0.39, 0.29) is 5.28 Å². The van der Waals surface area contributed by atoms with Crippen molar-refractivity contribution >= 4 is 11.6 Å². The molecule has 0 N–H and O–H groups in total. The monoisotopic (exact) mass is 232 g/mol. The van der Waals surface area contributed by atoms with Crippen LogP contribution < -0.4 is 0 Å². The fourth-order valence-electron chi connectivity index (χ4n) is 1.54. The van der Waals surface area contributed by atoms with E-state index in [0.717, 1.165) is 11.1 Å². The summed E-state index contributed by atoms with van der Waals surface area (Å²) in [5.74, 6) is 0.521. The molecule has 0 aliphatic rings. The third kappa shape index (κ3) is 2.39. The van der Waals surface area contributed by atoms with E-state index in [4.69, 9.17) is 11.6 Å². The molecule has 2 aromatic rings. The Bertz CT molecular complexity index is 478. The van der Waals surface area contributed by atoms with Crippen LogP contribution in [0.4, 0.5) is 0 Å². The molecule has 0 spiro atoms. The lowest BCUT2D eigenvalue weighted by atomic mass is 9.99. The van der Waals surface area contributed by atoms with Gasteiger partial charge in [-0.2, -0.15) is 0 Å². The van der Waals surface area contributed by atoms with Crippen LogP contribution in [-0.2, 0) is 0 Å². The lowest BCUT2D eigenvalue weighted by Gasteiger charge is -2.07. The summed E-state index contributed by atoms with van der Waals surface area (Å²) in [5, 5.41) is 0.281. The molecule has 0 aliphatic carbocycles. The zero-order valence-electron chi connectivity index (χ0n) is 9.31. The maximum absolute atomic E-state index is 5.66. The van der Waals surface area contributed by atoms with Crippen molar-refractivity contribution in [2.75, 3.05) is 0 Å². The molecule has 0 unspecified atom stereocenters. The Hall–Kier alpha value is -1.41. The van der Waals surface area contributed by atoms with E-state index in [0.29, 0.717) is 5.92 Å². The second kappa shape index (κ2) is 4.62. The lowest BCUT2D eigenvalue weighted by molar-refractivity contribution is 0.867. The molecule has 0 bridgehead atoms. The Balaban J connectivity index is 2.40. The number of hydrogen-bond donors (Lipinski definition) is 0. The first-order chi connectivity index (χ1) is 7.66. The van der Waals surface area contributed by atoms with E-state index >= 15 is 0 Å². The summed E-state index contributed by atoms with van der Waals surface area (Å²) >= 11 is 5.66. The number of rotatable bonds is 2. The number of nitrogens with zero attached hydrogens (tertiary/aromatic N) is 2. The topological polar surface area (TPSA) is 25.8 Å². The van der Waals surface area contributed by atoms with Crippen molar-refractivity contribution in [3.63, 3.8) is 0 Å². The molecule has 0 amide bonds. The molecule has 0 aliphatic heterocycles. The van der Waals surface area contributed by atoms with Gasteiger partial charge in [0.15, 0.2) is 0 Å². The maximum Gasteiger partial charge on any atom is 0.222 e. The molecular formula is C13H13ClN2.